The number of aromatic nitrogens is 3. The van der Waals surface area contributed by atoms with Crippen molar-refractivity contribution >= 4 is 5.97 Å². The van der Waals surface area contributed by atoms with Crippen molar-refractivity contribution in [1.82, 2.24) is 15.0 Å². The molecule has 0 aliphatic carbocycles. The van der Waals surface area contributed by atoms with Crippen LogP contribution >= 0.6 is 0 Å². The number of hydrogen-bond donors (Lipinski definition) is 1. The van der Waals surface area contributed by atoms with E-state index in [9.17, 15) is 4.79 Å². The number of nitrogens with zero attached hydrogens (tertiary/aromatic N) is 3. The van der Waals surface area contributed by atoms with Crippen LogP contribution < -0.4 is 0 Å². The van der Waals surface area contributed by atoms with Crippen molar-refractivity contribution in [3.63, 3.8) is 0 Å². The summed E-state index contributed by atoms with van der Waals surface area (Å²) in [4.78, 5) is 10.7. The lowest BCUT2D eigenvalue weighted by atomic mass is 10.3. The third-order valence-electron chi connectivity index (χ3n) is 2.10. The first-order chi connectivity index (χ1) is 7.18. The van der Waals surface area contributed by atoms with E-state index in [4.69, 9.17) is 9.52 Å². The fourth-order valence-corrected chi connectivity index (χ4v) is 1.26. The molecule has 6 heteroatoms. The van der Waals surface area contributed by atoms with Gasteiger partial charge in [-0.2, -0.15) is 0 Å². The zero-order valence-corrected chi connectivity index (χ0v) is 8.04. The molecule has 0 saturated carbocycles. The number of rotatable bonds is 3. The largest absolute Gasteiger partial charge is 0.476 e. The molecular formula is C9H9N3O3. The van der Waals surface area contributed by atoms with Crippen LogP contribution in [0, 0.1) is 6.92 Å². The van der Waals surface area contributed by atoms with Gasteiger partial charge in [0.15, 0.2) is 5.69 Å². The highest BCUT2D eigenvalue weighted by molar-refractivity contribution is 5.86. The van der Waals surface area contributed by atoms with Gasteiger partial charge in [-0.15, -0.1) is 5.10 Å². The van der Waals surface area contributed by atoms with E-state index in [-0.39, 0.29) is 5.69 Å². The number of carboxylic acid groups (broad SMARTS) is 1. The molecular weight excluding hydrogens is 198 g/mol. The van der Waals surface area contributed by atoms with E-state index in [0.717, 1.165) is 5.56 Å². The van der Waals surface area contributed by atoms with Gasteiger partial charge < -0.3 is 9.52 Å². The Morgan fingerprint density at radius 2 is 2.47 bits per heavy atom. The molecule has 15 heavy (non-hydrogen) atoms. The summed E-state index contributed by atoms with van der Waals surface area (Å²) < 4.78 is 6.43. The molecule has 6 nitrogen and oxygen atoms in total. The van der Waals surface area contributed by atoms with Crippen LogP contribution in [0.15, 0.2) is 23.0 Å². The summed E-state index contributed by atoms with van der Waals surface area (Å²) in [5.41, 5.74) is 1.43. The van der Waals surface area contributed by atoms with Gasteiger partial charge in [0.05, 0.1) is 24.8 Å². The molecule has 0 aromatic carbocycles. The first kappa shape index (κ1) is 9.45. The minimum absolute atomic E-state index is 0.0153. The first-order valence-corrected chi connectivity index (χ1v) is 4.33. The molecule has 78 valence electrons. The number of furan rings is 1. The predicted molar refractivity (Wildman–Crippen MR) is 49.5 cm³/mol. The lowest BCUT2D eigenvalue weighted by Gasteiger charge is -1.99. The molecule has 1 N–H and O–H groups in total. The van der Waals surface area contributed by atoms with Crippen LogP contribution in [0.5, 0.6) is 0 Å². The fraction of sp³-hybridized carbons (Fsp3) is 0.222. The van der Waals surface area contributed by atoms with Crippen LogP contribution in [-0.4, -0.2) is 26.1 Å². The van der Waals surface area contributed by atoms with Crippen molar-refractivity contribution < 1.29 is 14.3 Å². The third kappa shape index (κ3) is 1.74. The zero-order chi connectivity index (χ0) is 10.8. The summed E-state index contributed by atoms with van der Waals surface area (Å²) in [5.74, 6) is -1.06. The summed E-state index contributed by atoms with van der Waals surface area (Å²) in [7, 11) is 0. The van der Waals surface area contributed by atoms with Gasteiger partial charge in [-0.1, -0.05) is 5.21 Å². The molecule has 2 heterocycles. The lowest BCUT2D eigenvalue weighted by Crippen LogP contribution is -2.05. The van der Waals surface area contributed by atoms with Crippen LogP contribution in [0.4, 0.5) is 0 Å². The van der Waals surface area contributed by atoms with E-state index in [1.807, 2.05) is 0 Å². The van der Waals surface area contributed by atoms with E-state index in [1.54, 1.807) is 25.5 Å². The van der Waals surface area contributed by atoms with Crippen LogP contribution in [-0.2, 0) is 6.54 Å². The highest BCUT2D eigenvalue weighted by Gasteiger charge is 2.14. The van der Waals surface area contributed by atoms with Crippen LogP contribution in [0.1, 0.15) is 21.7 Å². The maximum Gasteiger partial charge on any atom is 0.358 e. The number of carboxylic acids is 1. The Labute approximate surface area is 85.1 Å². The zero-order valence-electron chi connectivity index (χ0n) is 8.04. The van der Waals surface area contributed by atoms with Crippen molar-refractivity contribution in [2.24, 2.45) is 0 Å². The SMILES string of the molecule is Cc1c(C(=O)O)nnn1Cc1ccoc1. The van der Waals surface area contributed by atoms with Crippen molar-refractivity contribution in [1.29, 1.82) is 0 Å². The summed E-state index contributed by atoms with van der Waals surface area (Å²) in [6, 6.07) is 1.79. The Balaban J connectivity index is 2.27. The molecule has 0 amide bonds. The Hall–Kier alpha value is -2.11. The smallest absolute Gasteiger partial charge is 0.358 e. The number of hydrogen-bond acceptors (Lipinski definition) is 4. The summed E-state index contributed by atoms with van der Waals surface area (Å²) >= 11 is 0. The highest BCUT2D eigenvalue weighted by Crippen LogP contribution is 2.07. The van der Waals surface area contributed by atoms with Crippen molar-refractivity contribution in [2.45, 2.75) is 13.5 Å². The molecule has 2 aromatic rings. The van der Waals surface area contributed by atoms with E-state index < -0.39 is 5.97 Å². The van der Waals surface area contributed by atoms with Crippen molar-refractivity contribution in [2.75, 3.05) is 0 Å². The Morgan fingerprint density at radius 3 is 3.00 bits per heavy atom. The van der Waals surface area contributed by atoms with E-state index in [1.165, 1.54) is 4.68 Å². The normalized spacial score (nSPS) is 10.5. The second-order valence-electron chi connectivity index (χ2n) is 3.12. The average Bonchev–Trinajstić information content (AvgIpc) is 2.78. The van der Waals surface area contributed by atoms with Crippen LogP contribution in [0.3, 0.4) is 0 Å². The second-order valence-corrected chi connectivity index (χ2v) is 3.12. The molecule has 0 radical (unpaired) electrons. The summed E-state index contributed by atoms with van der Waals surface area (Å²) in [5, 5.41) is 16.1. The lowest BCUT2D eigenvalue weighted by molar-refractivity contribution is 0.0689. The van der Waals surface area contributed by atoms with Gasteiger partial charge in [0.25, 0.3) is 0 Å². The van der Waals surface area contributed by atoms with Gasteiger partial charge in [0.1, 0.15) is 0 Å². The predicted octanol–water partition coefficient (Wildman–Crippen LogP) is 0.926. The van der Waals surface area contributed by atoms with Gasteiger partial charge in [-0.25, -0.2) is 9.48 Å². The Bertz CT molecular complexity index is 473. The van der Waals surface area contributed by atoms with Crippen molar-refractivity contribution in [3.8, 4) is 0 Å². The first-order valence-electron chi connectivity index (χ1n) is 4.33. The molecule has 2 aromatic heterocycles. The van der Waals surface area contributed by atoms with Gasteiger partial charge in [0, 0.05) is 5.56 Å². The molecule has 0 aliphatic rings. The molecule has 2 rings (SSSR count). The fourth-order valence-electron chi connectivity index (χ4n) is 1.26. The second kappa shape index (κ2) is 3.56. The third-order valence-corrected chi connectivity index (χ3v) is 2.10. The average molecular weight is 207 g/mol. The molecule has 0 aliphatic heterocycles. The molecule has 0 atom stereocenters. The molecule has 0 fully saturated rings. The maximum absolute atomic E-state index is 10.7. The highest BCUT2D eigenvalue weighted by atomic mass is 16.4. The number of aromatic carboxylic acids is 1. The Morgan fingerprint density at radius 1 is 1.67 bits per heavy atom. The Kier molecular flexibility index (Phi) is 2.24. The van der Waals surface area contributed by atoms with Gasteiger partial charge in [0.2, 0.25) is 0 Å². The van der Waals surface area contributed by atoms with E-state index in [0.29, 0.717) is 12.2 Å². The molecule has 0 spiro atoms. The van der Waals surface area contributed by atoms with Crippen LogP contribution in [0.25, 0.3) is 0 Å². The number of carbonyl (C=O) groups is 1. The topological polar surface area (TPSA) is 81.1 Å². The van der Waals surface area contributed by atoms with Crippen molar-refractivity contribution in [3.05, 3.63) is 35.5 Å². The van der Waals surface area contributed by atoms with Gasteiger partial charge in [-0.05, 0) is 13.0 Å². The molecule has 0 saturated heterocycles. The summed E-state index contributed by atoms with van der Waals surface area (Å²) in [6.07, 6.45) is 3.14. The maximum atomic E-state index is 10.7. The minimum Gasteiger partial charge on any atom is -0.476 e. The van der Waals surface area contributed by atoms with Crippen LogP contribution in [0.2, 0.25) is 0 Å². The quantitative estimate of drug-likeness (QED) is 0.809. The minimum atomic E-state index is -1.06. The van der Waals surface area contributed by atoms with E-state index in [2.05, 4.69) is 10.3 Å². The standard InChI is InChI=1S/C9H9N3O3/c1-6-8(9(13)14)10-11-12(6)4-7-2-3-15-5-7/h2-3,5H,4H2,1H3,(H,13,14). The monoisotopic (exact) mass is 207 g/mol. The van der Waals surface area contributed by atoms with E-state index >= 15 is 0 Å². The van der Waals surface area contributed by atoms with Gasteiger partial charge >= 0.3 is 5.97 Å². The molecule has 0 unspecified atom stereocenters. The summed E-state index contributed by atoms with van der Waals surface area (Å²) in [6.45, 7) is 2.13. The van der Waals surface area contributed by atoms with Gasteiger partial charge in [-0.3, -0.25) is 0 Å². The molecule has 0 bridgehead atoms.